The van der Waals surface area contributed by atoms with Crippen molar-refractivity contribution in [2.24, 2.45) is 17.3 Å². The predicted octanol–water partition coefficient (Wildman–Crippen LogP) is 1.10. The number of esters is 1. The van der Waals surface area contributed by atoms with E-state index in [1.54, 1.807) is 0 Å². The lowest BCUT2D eigenvalue weighted by molar-refractivity contribution is -0.136. The number of aliphatic hydroxyl groups excluding tert-OH is 1. The summed E-state index contributed by atoms with van der Waals surface area (Å²) >= 11 is 0. The Kier molecular flexibility index (Phi) is 2.19. The highest BCUT2D eigenvalue weighted by Gasteiger charge is 3.00. The number of cyclic esters (lactones) is 1. The van der Waals surface area contributed by atoms with Crippen LogP contribution in [0.3, 0.4) is 0 Å². The fourth-order valence-electron chi connectivity index (χ4n) is 7.70. The van der Waals surface area contributed by atoms with Crippen molar-refractivity contribution in [3.8, 4) is 0 Å². The molecule has 3 saturated heterocycles. The number of carbonyl (C=O) groups excluding carboxylic acids is 1. The maximum absolute atomic E-state index is 12.1. The van der Waals surface area contributed by atoms with Gasteiger partial charge < -0.3 is 24.1 Å². The highest BCUT2D eigenvalue weighted by molar-refractivity contribution is 5.92. The lowest BCUT2D eigenvalue weighted by Crippen LogP contribution is -2.69. The zero-order valence-electron chi connectivity index (χ0n) is 15.3. The van der Waals surface area contributed by atoms with E-state index < -0.39 is 22.9 Å². The van der Waals surface area contributed by atoms with Gasteiger partial charge in [0.1, 0.15) is 36.1 Å². The number of ether oxygens (including phenoxy) is 4. The van der Waals surface area contributed by atoms with Crippen LogP contribution in [-0.4, -0.2) is 58.9 Å². The first kappa shape index (κ1) is 15.0. The maximum atomic E-state index is 12.1. The van der Waals surface area contributed by atoms with Gasteiger partial charge in [-0.2, -0.15) is 0 Å². The van der Waals surface area contributed by atoms with Crippen molar-refractivity contribution in [3.05, 3.63) is 11.1 Å². The van der Waals surface area contributed by atoms with Crippen molar-refractivity contribution in [2.45, 2.75) is 81.3 Å². The Morgan fingerprint density at radius 3 is 2.77 bits per heavy atom. The van der Waals surface area contributed by atoms with Crippen molar-refractivity contribution in [1.82, 2.24) is 0 Å². The third kappa shape index (κ3) is 1.14. The summed E-state index contributed by atoms with van der Waals surface area (Å²) in [6.07, 6.45) is 1.71. The summed E-state index contributed by atoms with van der Waals surface area (Å²) in [5.74, 6) is 0.297. The van der Waals surface area contributed by atoms with Gasteiger partial charge in [0, 0.05) is 11.0 Å². The molecule has 0 radical (unpaired) electrons. The summed E-state index contributed by atoms with van der Waals surface area (Å²) in [4.78, 5) is 12.1. The van der Waals surface area contributed by atoms with E-state index in [0.29, 0.717) is 6.61 Å². The van der Waals surface area contributed by atoms with E-state index >= 15 is 0 Å². The lowest BCUT2D eigenvalue weighted by Gasteiger charge is -2.53. The molecule has 0 bridgehead atoms. The molecule has 0 aromatic rings. The van der Waals surface area contributed by atoms with Gasteiger partial charge in [0.2, 0.25) is 0 Å². The van der Waals surface area contributed by atoms with E-state index in [1.165, 1.54) is 0 Å². The van der Waals surface area contributed by atoms with Crippen LogP contribution >= 0.6 is 0 Å². The van der Waals surface area contributed by atoms with Crippen LogP contribution in [0.15, 0.2) is 11.1 Å². The van der Waals surface area contributed by atoms with Crippen molar-refractivity contribution in [3.63, 3.8) is 0 Å². The molecule has 0 unspecified atom stereocenters. The van der Waals surface area contributed by atoms with Crippen LogP contribution in [0.25, 0.3) is 0 Å². The minimum absolute atomic E-state index is 0.00808. The molecule has 140 valence electrons. The molecule has 7 aliphatic rings. The smallest absolute Gasteiger partial charge is 0.334 e. The van der Waals surface area contributed by atoms with Gasteiger partial charge in [-0.05, 0) is 36.7 Å². The molecule has 1 N–H and O–H groups in total. The molecule has 4 heterocycles. The first-order chi connectivity index (χ1) is 12.3. The van der Waals surface area contributed by atoms with Gasteiger partial charge in [-0.3, -0.25) is 0 Å². The summed E-state index contributed by atoms with van der Waals surface area (Å²) in [5, 5.41) is 11.4. The van der Waals surface area contributed by atoms with Gasteiger partial charge in [-0.25, -0.2) is 4.79 Å². The molecule has 0 amide bonds. The SMILES string of the molecule is CC(C)[C@@]12O[C@H]1[C@H]1O[C@]13[C@]1(O[C@H]1C[C@@H]1C4=C(CC[C@@]13C)C(=O)OC4)[C@@H]2O. The number of carbonyl (C=O) groups is 1. The van der Waals surface area contributed by atoms with Crippen LogP contribution < -0.4 is 0 Å². The van der Waals surface area contributed by atoms with E-state index in [1.807, 2.05) is 0 Å². The van der Waals surface area contributed by atoms with Gasteiger partial charge >= 0.3 is 5.97 Å². The summed E-state index contributed by atoms with van der Waals surface area (Å²) in [6, 6.07) is 0. The van der Waals surface area contributed by atoms with Crippen LogP contribution in [0, 0.1) is 17.3 Å². The van der Waals surface area contributed by atoms with Crippen LogP contribution in [0.2, 0.25) is 0 Å². The summed E-state index contributed by atoms with van der Waals surface area (Å²) in [7, 11) is 0. The quantitative estimate of drug-likeness (QED) is 0.557. The number of aliphatic hydroxyl groups is 1. The lowest BCUT2D eigenvalue weighted by atomic mass is 9.46. The number of epoxide rings is 3. The van der Waals surface area contributed by atoms with Crippen LogP contribution in [-0.2, 0) is 23.7 Å². The molecule has 6 nitrogen and oxygen atoms in total. The fraction of sp³-hybridized carbons (Fsp3) is 0.850. The van der Waals surface area contributed by atoms with E-state index in [9.17, 15) is 9.90 Å². The highest BCUT2D eigenvalue weighted by atomic mass is 16.7. The van der Waals surface area contributed by atoms with E-state index in [-0.39, 0.29) is 41.5 Å². The van der Waals surface area contributed by atoms with Crippen molar-refractivity contribution >= 4 is 5.97 Å². The second-order valence-corrected chi connectivity index (χ2v) is 9.91. The molecule has 0 aromatic carbocycles. The molecule has 7 rings (SSSR count). The first-order valence-corrected chi connectivity index (χ1v) is 9.95. The fourth-order valence-corrected chi connectivity index (χ4v) is 7.70. The summed E-state index contributed by atoms with van der Waals surface area (Å²) in [6.45, 7) is 6.91. The molecule has 5 fully saturated rings. The highest BCUT2D eigenvalue weighted by Crippen LogP contribution is 2.82. The zero-order valence-corrected chi connectivity index (χ0v) is 15.3. The zero-order chi connectivity index (χ0) is 17.9. The van der Waals surface area contributed by atoms with Crippen molar-refractivity contribution < 1.29 is 28.8 Å². The molecule has 9 atom stereocenters. The Labute approximate surface area is 151 Å². The molecule has 6 heteroatoms. The topological polar surface area (TPSA) is 84.1 Å². The maximum Gasteiger partial charge on any atom is 0.334 e. The molecule has 0 aromatic heterocycles. The molecule has 26 heavy (non-hydrogen) atoms. The van der Waals surface area contributed by atoms with E-state index in [4.69, 9.17) is 18.9 Å². The van der Waals surface area contributed by atoms with Gasteiger partial charge in [0.05, 0.1) is 6.10 Å². The Morgan fingerprint density at radius 2 is 2.00 bits per heavy atom. The Hall–Kier alpha value is -0.950. The minimum Gasteiger partial charge on any atom is -0.458 e. The normalized spacial score (nSPS) is 63.1. The average molecular weight is 360 g/mol. The first-order valence-electron chi connectivity index (χ1n) is 9.95. The second kappa shape index (κ2) is 3.79. The van der Waals surface area contributed by atoms with Crippen molar-refractivity contribution in [1.29, 1.82) is 0 Å². The number of fused-ring (bicyclic) bond motifs is 4. The second-order valence-electron chi connectivity index (χ2n) is 9.91. The Bertz CT molecular complexity index is 819. The van der Waals surface area contributed by atoms with Crippen LogP contribution in [0.5, 0.6) is 0 Å². The molecule has 3 aliphatic carbocycles. The molecule has 2 saturated carbocycles. The number of hydrogen-bond donors (Lipinski definition) is 1. The Balaban J connectivity index is 1.39. The summed E-state index contributed by atoms with van der Waals surface area (Å²) < 4.78 is 24.3. The summed E-state index contributed by atoms with van der Waals surface area (Å²) in [5.41, 5.74) is 0.230. The third-order valence-corrected chi connectivity index (χ3v) is 9.10. The standard InChI is InChI=1S/C20H24O6/c1-8(2)18-13(25-18)14-20(26-14)17(3)5-4-9-10(7-23-15(9)21)11(17)6-12-19(20,24-12)16(18)22/h8,11-14,16,22H,4-7H2,1-3H3/t11-,12+,13+,14-,16-,17+,18-,19-,20-/m1/s1. The largest absolute Gasteiger partial charge is 0.458 e. The number of hydrogen-bond acceptors (Lipinski definition) is 6. The predicted molar refractivity (Wildman–Crippen MR) is 87.1 cm³/mol. The average Bonchev–Trinajstić information content (AvgIpc) is 3.47. The van der Waals surface area contributed by atoms with Gasteiger partial charge in [0.15, 0.2) is 5.60 Å². The Morgan fingerprint density at radius 1 is 1.19 bits per heavy atom. The van der Waals surface area contributed by atoms with Crippen LogP contribution in [0.1, 0.15) is 40.0 Å². The van der Waals surface area contributed by atoms with Crippen LogP contribution in [0.4, 0.5) is 0 Å². The van der Waals surface area contributed by atoms with E-state index in [0.717, 1.165) is 30.4 Å². The molecular weight excluding hydrogens is 336 g/mol. The molecular formula is C20H24O6. The van der Waals surface area contributed by atoms with Crippen molar-refractivity contribution in [2.75, 3.05) is 6.61 Å². The van der Waals surface area contributed by atoms with Gasteiger partial charge in [0.25, 0.3) is 0 Å². The van der Waals surface area contributed by atoms with Gasteiger partial charge in [-0.15, -0.1) is 0 Å². The monoisotopic (exact) mass is 360 g/mol. The molecule has 4 aliphatic heterocycles. The molecule has 2 spiro atoms. The third-order valence-electron chi connectivity index (χ3n) is 9.10. The minimum atomic E-state index is -0.654. The van der Waals surface area contributed by atoms with E-state index in [2.05, 4.69) is 20.8 Å². The van der Waals surface area contributed by atoms with Gasteiger partial charge in [-0.1, -0.05) is 20.8 Å². The number of rotatable bonds is 1.